The van der Waals surface area contributed by atoms with Crippen LogP contribution in [0.3, 0.4) is 0 Å². The number of likely N-dealkylation sites (tertiary alicyclic amines) is 1. The number of pyridine rings is 2. The standard InChI is InChI=1S/C26H31FN4O3/c1-17-19(3-5-23-26(17)34-12-11-33-23)14-28-13-18-7-9-31(16-18)10-8-20-21(27)15-29-22-4-6-24(32-2)30-25(20)22/h3-6,15,18,28H,7-14,16H2,1-2H3/t18-/m0/s1. The number of ether oxygens (including phenoxy) is 3. The predicted molar refractivity (Wildman–Crippen MR) is 128 cm³/mol. The lowest BCUT2D eigenvalue weighted by atomic mass is 10.1. The second-order valence-corrected chi connectivity index (χ2v) is 9.02. The van der Waals surface area contributed by atoms with Gasteiger partial charge in [0, 0.05) is 31.3 Å². The average Bonchev–Trinajstić information content (AvgIpc) is 3.32. The summed E-state index contributed by atoms with van der Waals surface area (Å²) >= 11 is 0. The quantitative estimate of drug-likeness (QED) is 0.545. The molecular formula is C26H31FN4O3. The highest BCUT2D eigenvalue weighted by Gasteiger charge is 2.23. The zero-order valence-corrected chi connectivity index (χ0v) is 19.8. The highest BCUT2D eigenvalue weighted by molar-refractivity contribution is 5.78. The number of benzene rings is 1. The minimum Gasteiger partial charge on any atom is -0.486 e. The molecule has 7 nitrogen and oxygen atoms in total. The Morgan fingerprint density at radius 2 is 2.09 bits per heavy atom. The summed E-state index contributed by atoms with van der Waals surface area (Å²) in [4.78, 5) is 11.0. The lowest BCUT2D eigenvalue weighted by Crippen LogP contribution is -2.28. The molecule has 34 heavy (non-hydrogen) atoms. The molecule has 1 aromatic carbocycles. The van der Waals surface area contributed by atoms with Gasteiger partial charge in [-0.15, -0.1) is 0 Å². The summed E-state index contributed by atoms with van der Waals surface area (Å²) in [5.74, 6) is 2.46. The minimum absolute atomic E-state index is 0.305. The van der Waals surface area contributed by atoms with Crippen molar-refractivity contribution < 1.29 is 18.6 Å². The van der Waals surface area contributed by atoms with Crippen molar-refractivity contribution in [3.63, 3.8) is 0 Å². The van der Waals surface area contributed by atoms with Crippen LogP contribution in [0.2, 0.25) is 0 Å². The number of rotatable bonds is 8. The van der Waals surface area contributed by atoms with Gasteiger partial charge >= 0.3 is 0 Å². The molecule has 1 fully saturated rings. The molecule has 0 saturated carbocycles. The minimum atomic E-state index is -0.305. The number of fused-ring (bicyclic) bond motifs is 2. The molecule has 8 heteroatoms. The summed E-state index contributed by atoms with van der Waals surface area (Å²) in [6.07, 6.45) is 3.03. The molecule has 2 aliphatic rings. The van der Waals surface area contributed by atoms with E-state index < -0.39 is 0 Å². The summed E-state index contributed by atoms with van der Waals surface area (Å²) in [5, 5.41) is 3.62. The van der Waals surface area contributed by atoms with Crippen LogP contribution in [0.1, 0.15) is 23.1 Å². The van der Waals surface area contributed by atoms with Crippen LogP contribution in [0, 0.1) is 18.7 Å². The van der Waals surface area contributed by atoms with Gasteiger partial charge in [0.1, 0.15) is 19.0 Å². The van der Waals surface area contributed by atoms with Crippen molar-refractivity contribution in [1.29, 1.82) is 0 Å². The Labute approximate surface area is 199 Å². The molecule has 0 amide bonds. The Bertz CT molecular complexity index is 1170. The lowest BCUT2D eigenvalue weighted by molar-refractivity contribution is 0.170. The summed E-state index contributed by atoms with van der Waals surface area (Å²) in [5.41, 5.74) is 4.28. The summed E-state index contributed by atoms with van der Waals surface area (Å²) in [6, 6.07) is 7.70. The van der Waals surface area contributed by atoms with Crippen LogP contribution in [0.25, 0.3) is 11.0 Å². The zero-order chi connectivity index (χ0) is 23.5. The van der Waals surface area contributed by atoms with Gasteiger partial charge in [0.05, 0.1) is 24.3 Å². The second kappa shape index (κ2) is 10.1. The third-order valence-electron chi connectivity index (χ3n) is 6.81. The maximum absolute atomic E-state index is 14.6. The largest absolute Gasteiger partial charge is 0.486 e. The second-order valence-electron chi connectivity index (χ2n) is 9.02. The highest BCUT2D eigenvalue weighted by atomic mass is 19.1. The molecule has 0 spiro atoms. The van der Waals surface area contributed by atoms with E-state index in [9.17, 15) is 4.39 Å². The molecule has 0 radical (unpaired) electrons. The molecule has 0 aliphatic carbocycles. The number of nitrogens with zero attached hydrogens (tertiary/aromatic N) is 3. The van der Waals surface area contributed by atoms with Crippen LogP contribution in [-0.2, 0) is 13.0 Å². The van der Waals surface area contributed by atoms with E-state index in [0.717, 1.165) is 56.2 Å². The molecule has 0 unspecified atom stereocenters. The number of methoxy groups -OCH3 is 1. The molecule has 0 bridgehead atoms. The molecule has 5 rings (SSSR count). The fraction of sp³-hybridized carbons (Fsp3) is 0.462. The summed E-state index contributed by atoms with van der Waals surface area (Å²) < 4.78 is 31.3. The van der Waals surface area contributed by atoms with E-state index in [4.69, 9.17) is 14.2 Å². The Hall–Kier alpha value is -2.97. The van der Waals surface area contributed by atoms with Gasteiger partial charge < -0.3 is 24.4 Å². The van der Waals surface area contributed by atoms with Gasteiger partial charge in [-0.2, -0.15) is 0 Å². The molecule has 1 saturated heterocycles. The third-order valence-corrected chi connectivity index (χ3v) is 6.81. The Morgan fingerprint density at radius 3 is 2.97 bits per heavy atom. The molecule has 180 valence electrons. The number of halogens is 1. The number of nitrogens with one attached hydrogen (secondary N) is 1. The van der Waals surface area contributed by atoms with Crippen molar-refractivity contribution in [2.45, 2.75) is 26.3 Å². The van der Waals surface area contributed by atoms with Crippen LogP contribution in [0.15, 0.2) is 30.5 Å². The van der Waals surface area contributed by atoms with E-state index in [1.807, 2.05) is 12.1 Å². The molecule has 1 atom stereocenters. The van der Waals surface area contributed by atoms with Crippen molar-refractivity contribution in [1.82, 2.24) is 20.2 Å². The number of aromatic nitrogens is 2. The van der Waals surface area contributed by atoms with Gasteiger partial charge in [-0.1, -0.05) is 6.07 Å². The SMILES string of the molecule is COc1ccc2ncc(F)c(CCN3CC[C@@H](CNCc4ccc5c(c4C)OCCO5)C3)c2n1. The van der Waals surface area contributed by atoms with Crippen LogP contribution in [0.5, 0.6) is 17.4 Å². The maximum Gasteiger partial charge on any atom is 0.213 e. The lowest BCUT2D eigenvalue weighted by Gasteiger charge is -2.22. The van der Waals surface area contributed by atoms with Gasteiger partial charge in [-0.25, -0.2) is 9.37 Å². The first kappa shape index (κ1) is 22.8. The molecule has 2 aliphatic heterocycles. The van der Waals surface area contributed by atoms with Gasteiger partial charge in [0.25, 0.3) is 0 Å². The molecule has 4 heterocycles. The van der Waals surface area contributed by atoms with Crippen LogP contribution >= 0.6 is 0 Å². The zero-order valence-electron chi connectivity index (χ0n) is 19.8. The van der Waals surface area contributed by atoms with E-state index in [2.05, 4.69) is 33.2 Å². The Morgan fingerprint density at radius 1 is 1.21 bits per heavy atom. The van der Waals surface area contributed by atoms with Crippen molar-refractivity contribution in [3.8, 4) is 17.4 Å². The Kier molecular flexibility index (Phi) is 6.78. The van der Waals surface area contributed by atoms with Gasteiger partial charge in [0.2, 0.25) is 5.88 Å². The van der Waals surface area contributed by atoms with E-state index in [1.54, 1.807) is 13.2 Å². The van der Waals surface area contributed by atoms with Crippen LogP contribution in [-0.4, -0.2) is 61.4 Å². The van der Waals surface area contributed by atoms with Crippen molar-refractivity contribution in [2.75, 3.05) is 46.5 Å². The topological polar surface area (TPSA) is 68.7 Å². The normalized spacial score (nSPS) is 17.9. The highest BCUT2D eigenvalue weighted by Crippen LogP contribution is 2.35. The van der Waals surface area contributed by atoms with E-state index in [0.29, 0.717) is 48.0 Å². The summed E-state index contributed by atoms with van der Waals surface area (Å²) in [7, 11) is 1.56. The number of hydrogen-bond donors (Lipinski definition) is 1. The third kappa shape index (κ3) is 4.79. The molecule has 1 N–H and O–H groups in total. The number of hydrogen-bond acceptors (Lipinski definition) is 7. The Balaban J connectivity index is 1.14. The van der Waals surface area contributed by atoms with Gasteiger partial charge in [0.15, 0.2) is 11.5 Å². The molecular weight excluding hydrogens is 435 g/mol. The first-order chi connectivity index (χ1) is 16.6. The molecule has 2 aromatic heterocycles. The fourth-order valence-electron chi connectivity index (χ4n) is 4.88. The molecule has 3 aromatic rings. The van der Waals surface area contributed by atoms with Crippen LogP contribution < -0.4 is 19.5 Å². The van der Waals surface area contributed by atoms with Crippen molar-refractivity contribution in [2.24, 2.45) is 5.92 Å². The fourth-order valence-corrected chi connectivity index (χ4v) is 4.88. The van der Waals surface area contributed by atoms with E-state index in [-0.39, 0.29) is 5.82 Å². The van der Waals surface area contributed by atoms with Crippen molar-refractivity contribution >= 4 is 11.0 Å². The van der Waals surface area contributed by atoms with Crippen LogP contribution in [0.4, 0.5) is 4.39 Å². The van der Waals surface area contributed by atoms with Crippen molar-refractivity contribution in [3.05, 3.63) is 53.0 Å². The van der Waals surface area contributed by atoms with E-state index in [1.165, 1.54) is 11.8 Å². The first-order valence-electron chi connectivity index (χ1n) is 11.9. The van der Waals surface area contributed by atoms with Gasteiger partial charge in [-0.05, 0) is 62.0 Å². The summed E-state index contributed by atoms with van der Waals surface area (Å²) in [6.45, 7) is 7.89. The predicted octanol–water partition coefficient (Wildman–Crippen LogP) is 3.51. The first-order valence-corrected chi connectivity index (χ1v) is 11.9. The average molecular weight is 467 g/mol. The smallest absolute Gasteiger partial charge is 0.213 e. The van der Waals surface area contributed by atoms with Gasteiger partial charge in [-0.3, -0.25) is 4.98 Å². The maximum atomic E-state index is 14.6. The monoisotopic (exact) mass is 466 g/mol. The van der Waals surface area contributed by atoms with E-state index >= 15 is 0 Å².